The van der Waals surface area contributed by atoms with Gasteiger partial charge < -0.3 is 9.64 Å². The zero-order chi connectivity index (χ0) is 17.1. The van der Waals surface area contributed by atoms with Crippen molar-refractivity contribution in [1.82, 2.24) is 9.88 Å². The lowest BCUT2D eigenvalue weighted by atomic mass is 9.99. The van der Waals surface area contributed by atoms with Gasteiger partial charge in [-0.05, 0) is 37.8 Å². The van der Waals surface area contributed by atoms with Crippen LogP contribution in [0.4, 0.5) is 0 Å². The van der Waals surface area contributed by atoms with Crippen LogP contribution in [-0.4, -0.2) is 41.0 Å². The molecule has 1 saturated heterocycles. The van der Waals surface area contributed by atoms with Crippen molar-refractivity contribution in [3.05, 3.63) is 42.1 Å². The number of esters is 1. The summed E-state index contributed by atoms with van der Waals surface area (Å²) in [5.74, 6) is -0.0447. The van der Waals surface area contributed by atoms with E-state index in [9.17, 15) is 9.59 Å². The van der Waals surface area contributed by atoms with Crippen LogP contribution in [0.3, 0.4) is 0 Å². The Morgan fingerprint density at radius 1 is 1.17 bits per heavy atom. The molecule has 5 nitrogen and oxygen atoms in total. The molecule has 3 rings (SSSR count). The number of fused-ring (bicyclic) bond motifs is 1. The number of amides is 1. The maximum atomic E-state index is 12.4. The van der Waals surface area contributed by atoms with Gasteiger partial charge in [-0.1, -0.05) is 31.2 Å². The Morgan fingerprint density at radius 2 is 1.88 bits per heavy atom. The molecular formula is C19H22N2O3. The van der Waals surface area contributed by atoms with Crippen LogP contribution in [0.15, 0.2) is 36.4 Å². The Morgan fingerprint density at radius 3 is 2.62 bits per heavy atom. The number of hydrogen-bond acceptors (Lipinski definition) is 4. The molecule has 1 atom stereocenters. The summed E-state index contributed by atoms with van der Waals surface area (Å²) in [5.41, 5.74) is 0.955. The van der Waals surface area contributed by atoms with Crippen molar-refractivity contribution in [1.29, 1.82) is 0 Å². The first-order valence-electron chi connectivity index (χ1n) is 8.40. The predicted octanol–water partition coefficient (Wildman–Crippen LogP) is 3.04. The maximum Gasteiger partial charge on any atom is 0.357 e. The molecule has 0 N–H and O–H groups in total. The molecule has 0 radical (unpaired) electrons. The van der Waals surface area contributed by atoms with Crippen LogP contribution in [0.25, 0.3) is 10.9 Å². The fraction of sp³-hybridized carbons (Fsp3) is 0.421. The molecule has 0 unspecified atom stereocenters. The molecule has 1 aromatic heterocycles. The second-order valence-electron chi connectivity index (χ2n) is 6.44. The highest BCUT2D eigenvalue weighted by Gasteiger charge is 2.27. The van der Waals surface area contributed by atoms with Crippen LogP contribution < -0.4 is 0 Å². The Balaban J connectivity index is 1.65. The fourth-order valence-electron chi connectivity index (χ4n) is 2.94. The minimum atomic E-state index is -0.792. The topological polar surface area (TPSA) is 59.5 Å². The van der Waals surface area contributed by atoms with Crippen molar-refractivity contribution in [3.63, 3.8) is 0 Å². The molecule has 1 amide bonds. The van der Waals surface area contributed by atoms with Crippen molar-refractivity contribution in [2.75, 3.05) is 13.1 Å². The first-order chi connectivity index (χ1) is 11.5. The molecule has 0 saturated carbocycles. The molecule has 1 fully saturated rings. The van der Waals surface area contributed by atoms with E-state index in [1.807, 2.05) is 30.3 Å². The van der Waals surface area contributed by atoms with E-state index in [1.165, 1.54) is 0 Å². The Bertz CT molecular complexity index is 751. The van der Waals surface area contributed by atoms with E-state index < -0.39 is 12.1 Å². The van der Waals surface area contributed by atoms with E-state index in [4.69, 9.17) is 4.74 Å². The van der Waals surface area contributed by atoms with Gasteiger partial charge in [0.25, 0.3) is 5.91 Å². The van der Waals surface area contributed by atoms with Gasteiger partial charge in [0.15, 0.2) is 6.10 Å². The van der Waals surface area contributed by atoms with E-state index in [-0.39, 0.29) is 11.6 Å². The van der Waals surface area contributed by atoms with Gasteiger partial charge in [-0.25, -0.2) is 9.78 Å². The van der Waals surface area contributed by atoms with Gasteiger partial charge >= 0.3 is 5.97 Å². The number of nitrogens with zero attached hydrogens (tertiary/aromatic N) is 2. The first-order valence-corrected chi connectivity index (χ1v) is 8.40. The van der Waals surface area contributed by atoms with Crippen molar-refractivity contribution in [3.8, 4) is 0 Å². The zero-order valence-corrected chi connectivity index (χ0v) is 14.1. The fourth-order valence-corrected chi connectivity index (χ4v) is 2.94. The third-order valence-electron chi connectivity index (χ3n) is 4.53. The zero-order valence-electron chi connectivity index (χ0n) is 14.1. The number of carbonyl (C=O) groups is 2. The maximum absolute atomic E-state index is 12.4. The van der Waals surface area contributed by atoms with Gasteiger partial charge in [0.2, 0.25) is 0 Å². The highest BCUT2D eigenvalue weighted by atomic mass is 16.5. The van der Waals surface area contributed by atoms with Gasteiger partial charge in [0, 0.05) is 18.5 Å². The summed E-state index contributed by atoms with van der Waals surface area (Å²) in [6, 6.07) is 11.0. The molecule has 0 spiro atoms. The summed E-state index contributed by atoms with van der Waals surface area (Å²) in [6.07, 6.45) is 1.20. The molecular weight excluding hydrogens is 304 g/mol. The molecule has 0 aliphatic carbocycles. The number of rotatable bonds is 3. The third kappa shape index (κ3) is 3.55. The minimum absolute atomic E-state index is 0.129. The van der Waals surface area contributed by atoms with E-state index in [1.54, 1.807) is 17.9 Å². The number of ether oxygens (including phenoxy) is 1. The lowest BCUT2D eigenvalue weighted by Gasteiger charge is -2.31. The van der Waals surface area contributed by atoms with Crippen LogP contribution in [0.5, 0.6) is 0 Å². The minimum Gasteiger partial charge on any atom is -0.448 e. The SMILES string of the molecule is CC1CCN(C(=O)[C@@H](C)OC(=O)c2ccc3ccccc3n2)CC1. The molecule has 126 valence electrons. The molecule has 0 bridgehead atoms. The number of benzene rings is 1. The second-order valence-corrected chi connectivity index (χ2v) is 6.44. The molecule has 1 aromatic carbocycles. The largest absolute Gasteiger partial charge is 0.448 e. The molecule has 1 aliphatic rings. The van der Waals surface area contributed by atoms with Crippen molar-refractivity contribution in [2.45, 2.75) is 32.8 Å². The summed E-state index contributed by atoms with van der Waals surface area (Å²) < 4.78 is 5.33. The quantitative estimate of drug-likeness (QED) is 0.814. The first kappa shape index (κ1) is 16.4. The van der Waals surface area contributed by atoms with Gasteiger partial charge in [-0.15, -0.1) is 0 Å². The molecule has 5 heteroatoms. The van der Waals surface area contributed by atoms with Crippen LogP contribution in [-0.2, 0) is 9.53 Å². The van der Waals surface area contributed by atoms with Gasteiger partial charge in [-0.2, -0.15) is 0 Å². The number of piperidine rings is 1. The summed E-state index contributed by atoms with van der Waals surface area (Å²) in [7, 11) is 0. The number of carbonyl (C=O) groups excluding carboxylic acids is 2. The normalized spacial score (nSPS) is 16.8. The average Bonchev–Trinajstić information content (AvgIpc) is 2.61. The lowest BCUT2D eigenvalue weighted by Crippen LogP contribution is -2.44. The Hall–Kier alpha value is -2.43. The third-order valence-corrected chi connectivity index (χ3v) is 4.53. The molecule has 24 heavy (non-hydrogen) atoms. The van der Waals surface area contributed by atoms with Crippen molar-refractivity contribution >= 4 is 22.8 Å². The lowest BCUT2D eigenvalue weighted by molar-refractivity contribution is -0.141. The number of hydrogen-bond donors (Lipinski definition) is 0. The van der Waals surface area contributed by atoms with E-state index in [2.05, 4.69) is 11.9 Å². The number of likely N-dealkylation sites (tertiary alicyclic amines) is 1. The van der Waals surface area contributed by atoms with Crippen LogP contribution in [0, 0.1) is 5.92 Å². The van der Waals surface area contributed by atoms with E-state index >= 15 is 0 Å². The summed E-state index contributed by atoms with van der Waals surface area (Å²) in [5, 5.41) is 0.959. The van der Waals surface area contributed by atoms with Gasteiger partial charge in [0.1, 0.15) is 5.69 Å². The Labute approximate surface area is 141 Å². The molecule has 2 heterocycles. The van der Waals surface area contributed by atoms with Crippen LogP contribution >= 0.6 is 0 Å². The smallest absolute Gasteiger partial charge is 0.357 e. The summed E-state index contributed by atoms with van der Waals surface area (Å²) >= 11 is 0. The highest BCUT2D eigenvalue weighted by molar-refractivity contribution is 5.93. The summed E-state index contributed by atoms with van der Waals surface area (Å²) in [4.78, 5) is 30.8. The van der Waals surface area contributed by atoms with Crippen LogP contribution in [0.2, 0.25) is 0 Å². The van der Waals surface area contributed by atoms with Crippen molar-refractivity contribution in [2.24, 2.45) is 5.92 Å². The van der Waals surface area contributed by atoms with Gasteiger partial charge in [0.05, 0.1) is 5.52 Å². The number of para-hydroxylation sites is 1. The molecule has 2 aromatic rings. The highest BCUT2D eigenvalue weighted by Crippen LogP contribution is 2.18. The average molecular weight is 326 g/mol. The second kappa shape index (κ2) is 6.99. The number of pyridine rings is 1. The number of aromatic nitrogens is 1. The van der Waals surface area contributed by atoms with E-state index in [0.29, 0.717) is 5.92 Å². The summed E-state index contributed by atoms with van der Waals surface area (Å²) in [6.45, 7) is 5.28. The van der Waals surface area contributed by atoms with Gasteiger partial charge in [-0.3, -0.25) is 4.79 Å². The predicted molar refractivity (Wildman–Crippen MR) is 91.6 cm³/mol. The van der Waals surface area contributed by atoms with Crippen LogP contribution in [0.1, 0.15) is 37.2 Å². The van der Waals surface area contributed by atoms with Crippen molar-refractivity contribution < 1.29 is 14.3 Å². The molecule has 1 aliphatic heterocycles. The Kier molecular flexibility index (Phi) is 4.79. The standard InChI is InChI=1S/C19H22N2O3/c1-13-9-11-21(12-10-13)18(22)14(2)24-19(23)17-8-7-15-5-3-4-6-16(15)20-17/h3-8,13-14H,9-12H2,1-2H3/t14-/m1/s1. The monoisotopic (exact) mass is 326 g/mol. The van der Waals surface area contributed by atoms with E-state index in [0.717, 1.165) is 36.8 Å².